The smallest absolute Gasteiger partial charge is 0.113 e. The largest absolute Gasteiger partial charge is 0.377 e. The van der Waals surface area contributed by atoms with Gasteiger partial charge in [0.25, 0.3) is 0 Å². The molecule has 0 N–H and O–H groups in total. The molecule has 1 saturated heterocycles. The third kappa shape index (κ3) is 3.55. The molecule has 30 heavy (non-hydrogen) atoms. The van der Waals surface area contributed by atoms with Crippen LogP contribution in [0.3, 0.4) is 0 Å². The van der Waals surface area contributed by atoms with Crippen LogP contribution in [0.25, 0.3) is 21.9 Å². The van der Waals surface area contributed by atoms with Gasteiger partial charge in [0.05, 0.1) is 35.8 Å². The van der Waals surface area contributed by atoms with Gasteiger partial charge in [-0.2, -0.15) is 5.26 Å². The summed E-state index contributed by atoms with van der Waals surface area (Å²) in [6.45, 7) is 0.622. The summed E-state index contributed by atoms with van der Waals surface area (Å²) in [7, 11) is 0. The summed E-state index contributed by atoms with van der Waals surface area (Å²) < 4.78 is 22.0. The van der Waals surface area contributed by atoms with Crippen LogP contribution in [0, 0.1) is 11.3 Å². The molecule has 5 nitrogen and oxygen atoms in total. The molecule has 156 valence electrons. The molecule has 2 aromatic heterocycles. The molecule has 5 rings (SSSR count). The van der Waals surface area contributed by atoms with Crippen molar-refractivity contribution in [3.8, 4) is 6.07 Å². The van der Waals surface area contributed by atoms with E-state index in [-0.39, 0.29) is 18.1 Å². The van der Waals surface area contributed by atoms with Crippen molar-refractivity contribution in [2.75, 3.05) is 6.61 Å². The summed E-state index contributed by atoms with van der Waals surface area (Å²) in [6, 6.07) is 8.17. The maximum atomic E-state index is 13.8. The molecule has 0 radical (unpaired) electrons. The minimum Gasteiger partial charge on any atom is -0.377 e. The zero-order valence-electron chi connectivity index (χ0n) is 16.7. The summed E-state index contributed by atoms with van der Waals surface area (Å²) in [6.07, 6.45) is 5.87. The number of ether oxygens (including phenoxy) is 1. The van der Waals surface area contributed by atoms with Gasteiger partial charge in [0.15, 0.2) is 0 Å². The van der Waals surface area contributed by atoms with Crippen molar-refractivity contribution in [1.29, 1.82) is 5.26 Å². The van der Waals surface area contributed by atoms with E-state index < -0.39 is 6.17 Å². The summed E-state index contributed by atoms with van der Waals surface area (Å²) in [5.74, 6) is 1.25. The Morgan fingerprint density at radius 2 is 2.03 bits per heavy atom. The van der Waals surface area contributed by atoms with Crippen molar-refractivity contribution >= 4 is 33.5 Å². The fraction of sp³-hybridized carbons (Fsp3) is 0.522. The predicted molar refractivity (Wildman–Crippen MR) is 114 cm³/mol. The van der Waals surface area contributed by atoms with E-state index in [1.54, 1.807) is 0 Å². The Morgan fingerprint density at radius 1 is 1.20 bits per heavy atom. The summed E-state index contributed by atoms with van der Waals surface area (Å²) in [5, 5.41) is 10.8. The third-order valence-corrected chi connectivity index (χ3v) is 6.79. The molecule has 1 aliphatic carbocycles. The van der Waals surface area contributed by atoms with Crippen LogP contribution in [-0.4, -0.2) is 33.4 Å². The average Bonchev–Trinajstić information content (AvgIpc) is 3.15. The van der Waals surface area contributed by atoms with Crippen molar-refractivity contribution < 1.29 is 9.13 Å². The quantitative estimate of drug-likeness (QED) is 0.525. The molecule has 0 bridgehead atoms. The SMILES string of the molecule is N#CC[C@@H]1C[C@H](n2c3c(cnc4ccc(Cl)cc43)nc2[C@H]2CC[C@@H](F)CC2)CCO1. The van der Waals surface area contributed by atoms with Gasteiger partial charge in [0, 0.05) is 29.0 Å². The van der Waals surface area contributed by atoms with E-state index in [1.807, 2.05) is 24.4 Å². The molecular formula is C23H24ClFN4O. The Hall–Kier alpha value is -2.23. The first-order chi connectivity index (χ1) is 14.6. The van der Waals surface area contributed by atoms with Gasteiger partial charge in [-0.05, 0) is 56.7 Å². The highest BCUT2D eigenvalue weighted by Gasteiger charge is 2.32. The lowest BCUT2D eigenvalue weighted by molar-refractivity contribution is -0.00238. The van der Waals surface area contributed by atoms with E-state index in [0.717, 1.165) is 53.4 Å². The van der Waals surface area contributed by atoms with Gasteiger partial charge < -0.3 is 9.30 Å². The third-order valence-electron chi connectivity index (χ3n) is 6.55. The maximum Gasteiger partial charge on any atom is 0.113 e. The lowest BCUT2D eigenvalue weighted by Gasteiger charge is -2.33. The second-order valence-corrected chi connectivity index (χ2v) is 8.91. The van der Waals surface area contributed by atoms with Crippen molar-refractivity contribution in [2.45, 2.75) is 69.2 Å². The normalized spacial score (nSPS) is 27.4. The van der Waals surface area contributed by atoms with Crippen LogP contribution in [0.4, 0.5) is 4.39 Å². The summed E-state index contributed by atoms with van der Waals surface area (Å²) in [5.41, 5.74) is 2.78. The highest BCUT2D eigenvalue weighted by atomic mass is 35.5. The highest BCUT2D eigenvalue weighted by Crippen LogP contribution is 2.40. The van der Waals surface area contributed by atoms with E-state index in [2.05, 4.69) is 15.6 Å². The topological polar surface area (TPSA) is 63.7 Å². The van der Waals surface area contributed by atoms with E-state index in [9.17, 15) is 4.39 Å². The Kier molecular flexibility index (Phi) is 5.34. The second kappa shape index (κ2) is 8.13. The Labute approximate surface area is 179 Å². The molecule has 1 aromatic carbocycles. The van der Waals surface area contributed by atoms with E-state index in [0.29, 0.717) is 30.9 Å². The second-order valence-electron chi connectivity index (χ2n) is 8.48. The molecule has 0 unspecified atom stereocenters. The standard InChI is InChI=1S/C23H24ClFN4O/c24-15-3-6-20-19(11-15)22-21(13-27-20)28-23(14-1-4-16(25)5-2-14)29(22)17-8-10-30-18(12-17)7-9-26/h3,6,11,13-14,16-18H,1-2,4-5,7-8,10,12H2/t14-,16+,17-,18-/m1/s1. The van der Waals surface area contributed by atoms with Crippen LogP contribution in [0.2, 0.25) is 5.02 Å². The molecule has 7 heteroatoms. The zero-order chi connectivity index (χ0) is 20.7. The van der Waals surface area contributed by atoms with Gasteiger partial charge in [-0.1, -0.05) is 11.6 Å². The van der Waals surface area contributed by atoms with Gasteiger partial charge in [0.2, 0.25) is 0 Å². The number of aromatic nitrogens is 3. The fourth-order valence-electron chi connectivity index (χ4n) is 5.07. The number of benzene rings is 1. The van der Waals surface area contributed by atoms with Crippen molar-refractivity contribution in [2.24, 2.45) is 0 Å². The highest BCUT2D eigenvalue weighted by molar-refractivity contribution is 6.31. The minimum atomic E-state index is -0.705. The van der Waals surface area contributed by atoms with E-state index in [1.165, 1.54) is 0 Å². The van der Waals surface area contributed by atoms with Gasteiger partial charge in [-0.3, -0.25) is 4.98 Å². The van der Waals surface area contributed by atoms with Crippen LogP contribution >= 0.6 is 11.6 Å². The summed E-state index contributed by atoms with van der Waals surface area (Å²) >= 11 is 6.34. The van der Waals surface area contributed by atoms with Crippen LogP contribution in [0.15, 0.2) is 24.4 Å². The lowest BCUT2D eigenvalue weighted by atomic mass is 9.87. The molecule has 2 fully saturated rings. The number of nitriles is 1. The minimum absolute atomic E-state index is 0.0719. The fourth-order valence-corrected chi connectivity index (χ4v) is 5.25. The van der Waals surface area contributed by atoms with Crippen LogP contribution < -0.4 is 0 Å². The number of hydrogen-bond donors (Lipinski definition) is 0. The molecule has 1 saturated carbocycles. The van der Waals surface area contributed by atoms with Gasteiger partial charge in [-0.25, -0.2) is 9.37 Å². The number of imidazole rings is 1. The molecule has 2 aliphatic rings. The molecule has 0 amide bonds. The van der Waals surface area contributed by atoms with Crippen molar-refractivity contribution in [3.63, 3.8) is 0 Å². The van der Waals surface area contributed by atoms with Crippen molar-refractivity contribution in [1.82, 2.24) is 14.5 Å². The molecule has 0 spiro atoms. The number of fused-ring (bicyclic) bond motifs is 3. The molecule has 3 heterocycles. The lowest BCUT2D eigenvalue weighted by Crippen LogP contribution is -2.29. The number of pyridine rings is 1. The first kappa shape index (κ1) is 19.7. The van der Waals surface area contributed by atoms with Crippen LogP contribution in [0.1, 0.15) is 62.7 Å². The monoisotopic (exact) mass is 426 g/mol. The van der Waals surface area contributed by atoms with Crippen LogP contribution in [-0.2, 0) is 4.74 Å². The summed E-state index contributed by atoms with van der Waals surface area (Å²) in [4.78, 5) is 9.61. The first-order valence-electron chi connectivity index (χ1n) is 10.7. The van der Waals surface area contributed by atoms with E-state index in [4.69, 9.17) is 26.6 Å². The van der Waals surface area contributed by atoms with E-state index >= 15 is 0 Å². The van der Waals surface area contributed by atoms with Crippen molar-refractivity contribution in [3.05, 3.63) is 35.2 Å². The Balaban J connectivity index is 1.69. The predicted octanol–water partition coefficient (Wildman–Crippen LogP) is 5.87. The molecule has 3 aromatic rings. The number of hydrogen-bond acceptors (Lipinski definition) is 4. The van der Waals surface area contributed by atoms with Gasteiger partial charge in [0.1, 0.15) is 17.5 Å². The number of rotatable bonds is 3. The first-order valence-corrected chi connectivity index (χ1v) is 11.1. The number of halogens is 2. The number of alkyl halides is 1. The zero-order valence-corrected chi connectivity index (χ0v) is 17.5. The number of nitrogens with zero attached hydrogens (tertiary/aromatic N) is 4. The molecule has 2 atom stereocenters. The average molecular weight is 427 g/mol. The van der Waals surface area contributed by atoms with Gasteiger partial charge >= 0.3 is 0 Å². The molecular weight excluding hydrogens is 403 g/mol. The Morgan fingerprint density at radius 3 is 2.83 bits per heavy atom. The Bertz CT molecular complexity index is 1120. The molecule has 1 aliphatic heterocycles. The van der Waals surface area contributed by atoms with Crippen LogP contribution in [0.5, 0.6) is 0 Å². The van der Waals surface area contributed by atoms with Gasteiger partial charge in [-0.15, -0.1) is 0 Å². The maximum absolute atomic E-state index is 13.8.